The third-order valence-electron chi connectivity index (χ3n) is 4.75. The third-order valence-corrected chi connectivity index (χ3v) is 4.75. The van der Waals surface area contributed by atoms with Crippen LogP contribution in [0.1, 0.15) is 77.2 Å². The number of hydrogen-bond donors (Lipinski definition) is 0. The number of benzene rings is 1. The van der Waals surface area contributed by atoms with Gasteiger partial charge in [0, 0.05) is 12.4 Å². The molecular formula is C23H41NO2. The van der Waals surface area contributed by atoms with Crippen LogP contribution in [0.25, 0.3) is 0 Å². The Labute approximate surface area is 162 Å². The highest BCUT2D eigenvalue weighted by molar-refractivity contribution is 5.63. The van der Waals surface area contributed by atoms with E-state index in [-0.39, 0.29) is 6.42 Å². The molecule has 150 valence electrons. The van der Waals surface area contributed by atoms with Gasteiger partial charge in [0.25, 0.3) is 0 Å². The molecule has 0 aromatic heterocycles. The predicted octanol–water partition coefficient (Wildman–Crippen LogP) is 4.59. The highest BCUT2D eigenvalue weighted by atomic mass is 16.4. The fourth-order valence-corrected chi connectivity index (χ4v) is 2.86. The highest BCUT2D eigenvalue weighted by Crippen LogP contribution is 2.11. The topological polar surface area (TPSA) is 40.1 Å². The second-order valence-electron chi connectivity index (χ2n) is 7.82. The van der Waals surface area contributed by atoms with Crippen molar-refractivity contribution in [1.29, 1.82) is 0 Å². The van der Waals surface area contributed by atoms with E-state index in [1.807, 2.05) is 0 Å². The number of carboxylic acids is 1. The molecule has 0 radical (unpaired) electrons. The van der Waals surface area contributed by atoms with Crippen molar-refractivity contribution in [3.8, 4) is 0 Å². The number of nitrogens with zero attached hydrogens (tertiary/aromatic N) is 1. The molecule has 3 heteroatoms. The van der Waals surface area contributed by atoms with Crippen LogP contribution in [-0.4, -0.2) is 37.6 Å². The van der Waals surface area contributed by atoms with Crippen LogP contribution in [-0.2, 0) is 11.2 Å². The number of carboxylic acid groups (broad SMARTS) is 1. The fraction of sp³-hybridized carbons (Fsp3) is 0.696. The monoisotopic (exact) mass is 363 g/mol. The number of quaternary nitrogens is 1. The van der Waals surface area contributed by atoms with Crippen molar-refractivity contribution < 1.29 is 14.4 Å². The summed E-state index contributed by atoms with van der Waals surface area (Å²) in [4.78, 5) is 9.26. The molecule has 0 heterocycles. The van der Waals surface area contributed by atoms with Crippen molar-refractivity contribution in [2.45, 2.75) is 78.1 Å². The van der Waals surface area contributed by atoms with E-state index in [2.05, 4.69) is 51.4 Å². The Morgan fingerprint density at radius 1 is 0.846 bits per heavy atom. The number of likely N-dealkylation sites (N-methyl/N-ethyl adjacent to an activating group) is 1. The lowest BCUT2D eigenvalue weighted by molar-refractivity contribution is -0.890. The Balaban J connectivity index is 0.00000110. The molecule has 26 heavy (non-hydrogen) atoms. The fourth-order valence-electron chi connectivity index (χ4n) is 2.86. The first-order chi connectivity index (χ1) is 12.4. The molecule has 0 amide bonds. The van der Waals surface area contributed by atoms with Crippen LogP contribution in [0.15, 0.2) is 30.3 Å². The molecular weight excluding hydrogens is 322 g/mol. The second-order valence-corrected chi connectivity index (χ2v) is 7.82. The minimum absolute atomic E-state index is 0.111. The van der Waals surface area contributed by atoms with E-state index in [0.717, 1.165) is 4.48 Å². The van der Waals surface area contributed by atoms with Gasteiger partial charge in [0.1, 0.15) is 0 Å². The van der Waals surface area contributed by atoms with E-state index in [9.17, 15) is 9.90 Å². The quantitative estimate of drug-likeness (QED) is 0.380. The molecule has 0 aliphatic carbocycles. The van der Waals surface area contributed by atoms with Gasteiger partial charge in [-0.3, -0.25) is 0 Å². The van der Waals surface area contributed by atoms with Crippen LogP contribution in [0.5, 0.6) is 0 Å². The molecule has 0 aliphatic rings. The zero-order valence-corrected chi connectivity index (χ0v) is 17.6. The minimum atomic E-state index is -0.995. The molecule has 0 fully saturated rings. The van der Waals surface area contributed by atoms with Gasteiger partial charge in [-0.05, 0) is 24.8 Å². The SMILES string of the molecule is CCC(=O)[O-].CCCCCCCCCC[N+](C)(C)CCc1ccccc1. The molecule has 1 rings (SSSR count). The van der Waals surface area contributed by atoms with Crippen molar-refractivity contribution in [3.63, 3.8) is 0 Å². The Bertz CT molecular complexity index is 443. The normalized spacial score (nSPS) is 10.9. The molecule has 0 aliphatic heterocycles. The summed E-state index contributed by atoms with van der Waals surface area (Å²) < 4.78 is 1.16. The lowest BCUT2D eigenvalue weighted by atomic mass is 10.1. The summed E-state index contributed by atoms with van der Waals surface area (Å²) in [6.07, 6.45) is 12.6. The maximum atomic E-state index is 9.26. The zero-order valence-electron chi connectivity index (χ0n) is 17.6. The number of carbonyl (C=O) groups is 1. The van der Waals surface area contributed by atoms with Gasteiger partial charge in [-0.1, -0.05) is 82.7 Å². The van der Waals surface area contributed by atoms with Crippen LogP contribution in [0, 0.1) is 0 Å². The molecule has 0 saturated heterocycles. The number of carbonyl (C=O) groups excluding carboxylic acids is 1. The molecule has 0 N–H and O–H groups in total. The maximum absolute atomic E-state index is 9.26. The molecule has 1 aromatic carbocycles. The van der Waals surface area contributed by atoms with E-state index in [4.69, 9.17) is 0 Å². The lowest BCUT2D eigenvalue weighted by Crippen LogP contribution is -2.42. The van der Waals surface area contributed by atoms with E-state index in [1.165, 1.54) is 83.4 Å². The first-order valence-electron chi connectivity index (χ1n) is 10.5. The molecule has 0 saturated carbocycles. The summed E-state index contributed by atoms with van der Waals surface area (Å²) in [5.74, 6) is -0.995. The molecule has 0 spiro atoms. The van der Waals surface area contributed by atoms with Crippen molar-refractivity contribution >= 4 is 5.97 Å². The Morgan fingerprint density at radius 2 is 1.35 bits per heavy atom. The summed E-state index contributed by atoms with van der Waals surface area (Å²) in [7, 11) is 4.76. The van der Waals surface area contributed by atoms with E-state index < -0.39 is 5.97 Å². The number of rotatable bonds is 13. The second kappa shape index (κ2) is 15.9. The number of unbranched alkanes of at least 4 members (excludes halogenated alkanes) is 7. The molecule has 0 atom stereocenters. The van der Waals surface area contributed by atoms with Crippen LogP contribution in [0.2, 0.25) is 0 Å². The molecule has 0 unspecified atom stereocenters. The van der Waals surface area contributed by atoms with Gasteiger partial charge in [0.2, 0.25) is 0 Å². The van der Waals surface area contributed by atoms with E-state index in [0.29, 0.717) is 0 Å². The van der Waals surface area contributed by atoms with Crippen molar-refractivity contribution in [2.24, 2.45) is 0 Å². The molecule has 1 aromatic rings. The summed E-state index contributed by atoms with van der Waals surface area (Å²) in [6.45, 7) is 6.40. The number of aliphatic carboxylic acids is 1. The van der Waals surface area contributed by atoms with Gasteiger partial charge in [-0.25, -0.2) is 0 Å². The lowest BCUT2D eigenvalue weighted by Gasteiger charge is -2.30. The van der Waals surface area contributed by atoms with Crippen molar-refractivity contribution in [2.75, 3.05) is 27.2 Å². The summed E-state index contributed by atoms with van der Waals surface area (Å²) in [6, 6.07) is 10.9. The third kappa shape index (κ3) is 16.1. The van der Waals surface area contributed by atoms with Gasteiger partial charge in [0.15, 0.2) is 0 Å². The smallest absolute Gasteiger partial charge is 0.0823 e. The number of hydrogen-bond acceptors (Lipinski definition) is 2. The van der Waals surface area contributed by atoms with E-state index in [1.54, 1.807) is 0 Å². The van der Waals surface area contributed by atoms with Gasteiger partial charge < -0.3 is 14.4 Å². The standard InChI is InChI=1S/C20H36N.C3H6O2/c1-4-5-6-7-8-9-10-14-18-21(2,3)19-17-20-15-12-11-13-16-20;1-2-3(4)5/h11-13,15-16H,4-10,14,17-19H2,1-3H3;2H2,1H3,(H,4,5)/q+1;/p-1. The predicted molar refractivity (Wildman–Crippen MR) is 110 cm³/mol. The van der Waals surface area contributed by atoms with E-state index >= 15 is 0 Å². The molecule has 0 bridgehead atoms. The Hall–Kier alpha value is -1.35. The van der Waals surface area contributed by atoms with Crippen LogP contribution < -0.4 is 5.11 Å². The van der Waals surface area contributed by atoms with Gasteiger partial charge in [-0.15, -0.1) is 0 Å². The largest absolute Gasteiger partial charge is 0.550 e. The Morgan fingerprint density at radius 3 is 1.85 bits per heavy atom. The first kappa shape index (κ1) is 24.7. The van der Waals surface area contributed by atoms with Gasteiger partial charge >= 0.3 is 0 Å². The maximum Gasteiger partial charge on any atom is 0.0823 e. The summed E-state index contributed by atoms with van der Waals surface area (Å²) >= 11 is 0. The van der Waals surface area contributed by atoms with Gasteiger partial charge in [-0.2, -0.15) is 0 Å². The van der Waals surface area contributed by atoms with Crippen molar-refractivity contribution in [3.05, 3.63) is 35.9 Å². The van der Waals surface area contributed by atoms with Crippen molar-refractivity contribution in [1.82, 2.24) is 0 Å². The summed E-state index contributed by atoms with van der Waals surface area (Å²) in [5, 5.41) is 9.26. The van der Waals surface area contributed by atoms with Crippen LogP contribution in [0.4, 0.5) is 0 Å². The average Bonchev–Trinajstić information content (AvgIpc) is 2.63. The van der Waals surface area contributed by atoms with Gasteiger partial charge in [0.05, 0.1) is 27.2 Å². The van der Waals surface area contributed by atoms with Crippen LogP contribution in [0.3, 0.4) is 0 Å². The zero-order chi connectivity index (χ0) is 19.7. The highest BCUT2D eigenvalue weighted by Gasteiger charge is 2.14. The first-order valence-corrected chi connectivity index (χ1v) is 10.5. The Kier molecular flexibility index (Phi) is 15.0. The van der Waals surface area contributed by atoms with Crippen LogP contribution >= 0.6 is 0 Å². The summed E-state index contributed by atoms with van der Waals surface area (Å²) in [5.41, 5.74) is 1.47. The average molecular weight is 364 g/mol. The minimum Gasteiger partial charge on any atom is -0.550 e. The molecule has 3 nitrogen and oxygen atoms in total.